The van der Waals surface area contributed by atoms with E-state index in [1.165, 1.54) is 18.2 Å². The molecule has 0 unspecified atom stereocenters. The number of carbonyl (C=O) groups excluding carboxylic acids is 2. The van der Waals surface area contributed by atoms with Crippen LogP contribution < -0.4 is 10.5 Å². The van der Waals surface area contributed by atoms with E-state index in [4.69, 9.17) is 10.5 Å². The molecule has 3 aromatic carbocycles. The monoisotopic (exact) mass is 490 g/mol. The summed E-state index contributed by atoms with van der Waals surface area (Å²) in [5.41, 5.74) is 7.05. The van der Waals surface area contributed by atoms with E-state index in [1.54, 1.807) is 42.5 Å². The highest BCUT2D eigenvalue weighted by Crippen LogP contribution is 2.33. The normalized spacial score (nSPS) is 11.5. The van der Waals surface area contributed by atoms with E-state index in [-0.39, 0.29) is 28.0 Å². The van der Waals surface area contributed by atoms with Crippen LogP contribution >= 0.6 is 0 Å². The van der Waals surface area contributed by atoms with Crippen LogP contribution in [0.25, 0.3) is 11.1 Å². The first-order valence-electron chi connectivity index (χ1n) is 10.8. The minimum Gasteiger partial charge on any atom is -0.456 e. The summed E-state index contributed by atoms with van der Waals surface area (Å²) in [7, 11) is -4.06. The number of ether oxygens (including phenoxy) is 1. The Morgan fingerprint density at radius 2 is 1.66 bits per heavy atom. The second-order valence-electron chi connectivity index (χ2n) is 9.38. The highest BCUT2D eigenvalue weighted by Gasteiger charge is 2.27. The number of primary amides is 1. The fourth-order valence-electron chi connectivity index (χ4n) is 3.53. The largest absolute Gasteiger partial charge is 0.456 e. The van der Waals surface area contributed by atoms with Gasteiger partial charge < -0.3 is 10.5 Å². The standard InChI is InChI=1S/C27H26N2O5S/c1-27(2,3)15-22(30)17-35(32,33)25-13-18(16-28)7-12-24(25)34-23-6-4-5-21(14-23)19-8-10-20(11-9-19)26(29)31/h4-14H,15,17H2,1-3H3,(H2,29,31). The Hall–Kier alpha value is -3.96. The number of Topliss-reactive ketones (excluding diaryl/α,β-unsaturated/α-hetero) is 1. The molecule has 3 aromatic rings. The van der Waals surface area contributed by atoms with Crippen LogP contribution in [0.1, 0.15) is 43.1 Å². The lowest BCUT2D eigenvalue weighted by Crippen LogP contribution is -2.21. The van der Waals surface area contributed by atoms with E-state index in [2.05, 4.69) is 0 Å². The predicted molar refractivity (Wildman–Crippen MR) is 133 cm³/mol. The molecular formula is C27H26N2O5S. The van der Waals surface area contributed by atoms with Crippen LogP contribution in [0.3, 0.4) is 0 Å². The topological polar surface area (TPSA) is 127 Å². The highest BCUT2D eigenvalue weighted by atomic mass is 32.2. The van der Waals surface area contributed by atoms with Crippen molar-refractivity contribution in [2.75, 3.05) is 5.75 Å². The first-order valence-corrected chi connectivity index (χ1v) is 12.5. The maximum atomic E-state index is 13.1. The first kappa shape index (κ1) is 25.7. The molecule has 0 radical (unpaired) electrons. The zero-order valence-corrected chi connectivity index (χ0v) is 20.6. The Morgan fingerprint density at radius 3 is 2.26 bits per heavy atom. The van der Waals surface area contributed by atoms with E-state index in [9.17, 15) is 23.3 Å². The van der Waals surface area contributed by atoms with Gasteiger partial charge in [0.05, 0.1) is 11.6 Å². The summed E-state index contributed by atoms with van der Waals surface area (Å²) in [5.74, 6) is -1.23. The van der Waals surface area contributed by atoms with Crippen molar-refractivity contribution < 1.29 is 22.7 Å². The number of amides is 1. The zero-order valence-electron chi connectivity index (χ0n) is 19.7. The van der Waals surface area contributed by atoms with E-state index < -0.39 is 27.3 Å². The lowest BCUT2D eigenvalue weighted by molar-refractivity contribution is -0.118. The number of benzene rings is 3. The number of nitriles is 1. The van der Waals surface area contributed by atoms with Crippen molar-refractivity contribution in [3.05, 3.63) is 77.9 Å². The minimum atomic E-state index is -4.06. The number of sulfone groups is 1. The van der Waals surface area contributed by atoms with Crippen LogP contribution in [0.4, 0.5) is 0 Å². The number of hydrogen-bond donors (Lipinski definition) is 1. The molecule has 7 nitrogen and oxygen atoms in total. The van der Waals surface area contributed by atoms with Crippen molar-refractivity contribution >= 4 is 21.5 Å². The van der Waals surface area contributed by atoms with Crippen molar-refractivity contribution in [3.8, 4) is 28.7 Å². The summed E-state index contributed by atoms with van der Waals surface area (Å²) in [6.07, 6.45) is 0.108. The van der Waals surface area contributed by atoms with Gasteiger partial charge in [-0.15, -0.1) is 0 Å². The van der Waals surface area contributed by atoms with E-state index in [0.717, 1.165) is 11.1 Å². The first-order chi connectivity index (χ1) is 16.4. The summed E-state index contributed by atoms with van der Waals surface area (Å²) in [4.78, 5) is 23.5. The SMILES string of the molecule is CC(C)(C)CC(=O)CS(=O)(=O)c1cc(C#N)ccc1Oc1cccc(-c2ccc(C(N)=O)cc2)c1. The van der Waals surface area contributed by atoms with Gasteiger partial charge in [0.1, 0.15) is 27.9 Å². The third-order valence-electron chi connectivity index (χ3n) is 5.05. The van der Waals surface area contributed by atoms with Crippen molar-refractivity contribution in [3.63, 3.8) is 0 Å². The van der Waals surface area contributed by atoms with Crippen LogP contribution in [0.2, 0.25) is 0 Å². The summed E-state index contributed by atoms with van der Waals surface area (Å²) >= 11 is 0. The van der Waals surface area contributed by atoms with Crippen LogP contribution in [-0.4, -0.2) is 25.9 Å². The third-order valence-corrected chi connectivity index (χ3v) is 6.74. The molecule has 0 fully saturated rings. The smallest absolute Gasteiger partial charge is 0.248 e. The molecule has 3 rings (SSSR count). The quantitative estimate of drug-likeness (QED) is 0.479. The maximum Gasteiger partial charge on any atom is 0.248 e. The molecule has 0 saturated heterocycles. The molecule has 0 bridgehead atoms. The molecule has 180 valence electrons. The molecule has 0 aromatic heterocycles. The van der Waals surface area contributed by atoms with Crippen LogP contribution in [0.5, 0.6) is 11.5 Å². The Labute approximate surface area is 205 Å². The van der Waals surface area contributed by atoms with E-state index in [1.807, 2.05) is 32.9 Å². The molecule has 0 heterocycles. The van der Waals surface area contributed by atoms with Gasteiger partial charge in [0.25, 0.3) is 0 Å². The van der Waals surface area contributed by atoms with Gasteiger partial charge >= 0.3 is 0 Å². The summed E-state index contributed by atoms with van der Waals surface area (Å²) in [6.45, 7) is 5.57. The van der Waals surface area contributed by atoms with Crippen molar-refractivity contribution in [1.29, 1.82) is 5.26 Å². The molecule has 0 aliphatic rings. The Morgan fingerprint density at radius 1 is 0.971 bits per heavy atom. The highest BCUT2D eigenvalue weighted by molar-refractivity contribution is 7.92. The number of nitrogens with zero attached hydrogens (tertiary/aromatic N) is 1. The lowest BCUT2D eigenvalue weighted by atomic mass is 9.90. The van der Waals surface area contributed by atoms with Crippen LogP contribution in [0.15, 0.2) is 71.6 Å². The van der Waals surface area contributed by atoms with E-state index in [0.29, 0.717) is 11.3 Å². The zero-order chi connectivity index (χ0) is 25.8. The van der Waals surface area contributed by atoms with Gasteiger partial charge in [0.15, 0.2) is 9.84 Å². The van der Waals surface area contributed by atoms with Crippen molar-refractivity contribution in [1.82, 2.24) is 0 Å². The van der Waals surface area contributed by atoms with Crippen molar-refractivity contribution in [2.45, 2.75) is 32.1 Å². The van der Waals surface area contributed by atoms with Gasteiger partial charge in [-0.05, 0) is 59.0 Å². The van der Waals surface area contributed by atoms with Gasteiger partial charge in [-0.2, -0.15) is 5.26 Å². The lowest BCUT2D eigenvalue weighted by Gasteiger charge is -2.17. The summed E-state index contributed by atoms with van der Waals surface area (Å²) in [6, 6.07) is 19.7. The molecule has 2 N–H and O–H groups in total. The Bertz CT molecular complexity index is 1410. The van der Waals surface area contributed by atoms with Gasteiger partial charge in [0, 0.05) is 12.0 Å². The van der Waals surface area contributed by atoms with E-state index >= 15 is 0 Å². The summed E-state index contributed by atoms with van der Waals surface area (Å²) in [5, 5.41) is 9.28. The average molecular weight is 491 g/mol. The van der Waals surface area contributed by atoms with Crippen molar-refractivity contribution in [2.24, 2.45) is 11.1 Å². The molecule has 0 saturated carbocycles. The molecular weight excluding hydrogens is 464 g/mol. The number of rotatable bonds is 8. The van der Waals surface area contributed by atoms with Gasteiger partial charge in [-0.25, -0.2) is 8.42 Å². The Balaban J connectivity index is 1.94. The van der Waals surface area contributed by atoms with Crippen LogP contribution in [0, 0.1) is 16.7 Å². The molecule has 8 heteroatoms. The van der Waals surface area contributed by atoms with Gasteiger partial charge in [-0.1, -0.05) is 45.0 Å². The molecule has 0 aliphatic carbocycles. The second kappa shape index (κ2) is 10.1. The van der Waals surface area contributed by atoms with Gasteiger partial charge in [0.2, 0.25) is 5.91 Å². The fraction of sp³-hybridized carbons (Fsp3) is 0.222. The maximum absolute atomic E-state index is 13.1. The fourth-order valence-corrected chi connectivity index (χ4v) is 4.93. The molecule has 35 heavy (non-hydrogen) atoms. The molecule has 0 spiro atoms. The third kappa shape index (κ3) is 6.78. The molecule has 1 amide bonds. The average Bonchev–Trinajstić information content (AvgIpc) is 2.78. The number of hydrogen-bond acceptors (Lipinski definition) is 6. The molecule has 0 aliphatic heterocycles. The number of nitrogens with two attached hydrogens (primary N) is 1. The Kier molecular flexibility index (Phi) is 7.42. The second-order valence-corrected chi connectivity index (χ2v) is 11.3. The van der Waals surface area contributed by atoms with Crippen LogP contribution in [-0.2, 0) is 14.6 Å². The summed E-state index contributed by atoms with van der Waals surface area (Å²) < 4.78 is 32.2. The number of ketones is 1. The minimum absolute atomic E-state index is 0.0220. The predicted octanol–water partition coefficient (Wildman–Crippen LogP) is 4.90. The molecule has 0 atom stereocenters. The van der Waals surface area contributed by atoms with Gasteiger partial charge in [-0.3, -0.25) is 9.59 Å². The number of carbonyl (C=O) groups is 2.